The Morgan fingerprint density at radius 1 is 1.19 bits per heavy atom. The van der Waals surface area contributed by atoms with Gasteiger partial charge < -0.3 is 15.7 Å². The van der Waals surface area contributed by atoms with Crippen LogP contribution in [0.5, 0.6) is 0 Å². The van der Waals surface area contributed by atoms with Crippen molar-refractivity contribution in [1.29, 1.82) is 0 Å². The molecular weight excluding hydrogens is 268 g/mol. The van der Waals surface area contributed by atoms with Gasteiger partial charge in [-0.3, -0.25) is 9.59 Å². The van der Waals surface area contributed by atoms with Crippen LogP contribution in [0.2, 0.25) is 0 Å². The first-order valence-corrected chi connectivity index (χ1v) is 7.14. The number of hydrogen-bond acceptors (Lipinski definition) is 3. The first-order chi connectivity index (χ1) is 9.77. The van der Waals surface area contributed by atoms with Crippen molar-refractivity contribution in [2.24, 2.45) is 5.73 Å². The van der Waals surface area contributed by atoms with Gasteiger partial charge in [-0.05, 0) is 32.3 Å². The number of rotatable bonds is 3. The fourth-order valence-electron chi connectivity index (χ4n) is 2.88. The lowest BCUT2D eigenvalue weighted by atomic mass is 9.72. The van der Waals surface area contributed by atoms with Crippen molar-refractivity contribution in [3.05, 3.63) is 35.9 Å². The Kier molecular flexibility index (Phi) is 4.05. The summed E-state index contributed by atoms with van der Waals surface area (Å²) in [5.74, 6) is -0.956. The molecule has 3 N–H and O–H groups in total. The number of likely N-dealkylation sites (tertiary alicyclic amines) is 1. The summed E-state index contributed by atoms with van der Waals surface area (Å²) in [6.45, 7) is 4.18. The Hall–Kier alpha value is -1.88. The van der Waals surface area contributed by atoms with E-state index in [2.05, 4.69) is 0 Å². The number of hydrogen-bond donors (Lipinski definition) is 2. The van der Waals surface area contributed by atoms with E-state index in [0.717, 1.165) is 5.56 Å². The number of amides is 1. The van der Waals surface area contributed by atoms with Crippen LogP contribution in [-0.2, 0) is 15.0 Å². The molecule has 0 aliphatic carbocycles. The first-order valence-electron chi connectivity index (χ1n) is 7.14. The quantitative estimate of drug-likeness (QED) is 0.880. The number of benzene rings is 1. The van der Waals surface area contributed by atoms with E-state index in [-0.39, 0.29) is 5.91 Å². The van der Waals surface area contributed by atoms with E-state index in [1.54, 1.807) is 18.7 Å². The molecule has 0 unspecified atom stereocenters. The van der Waals surface area contributed by atoms with E-state index in [1.807, 2.05) is 30.3 Å². The fourth-order valence-corrected chi connectivity index (χ4v) is 2.88. The maximum Gasteiger partial charge on any atom is 0.314 e. The summed E-state index contributed by atoms with van der Waals surface area (Å²) >= 11 is 0. The number of piperidine rings is 1. The maximum absolute atomic E-state index is 12.2. The molecule has 1 aromatic rings. The molecule has 0 radical (unpaired) electrons. The van der Waals surface area contributed by atoms with Gasteiger partial charge in [0.2, 0.25) is 5.91 Å². The van der Waals surface area contributed by atoms with Gasteiger partial charge in [0, 0.05) is 13.1 Å². The molecule has 0 spiro atoms. The lowest BCUT2D eigenvalue weighted by Crippen LogP contribution is -2.56. The van der Waals surface area contributed by atoms with Gasteiger partial charge in [-0.1, -0.05) is 30.3 Å². The van der Waals surface area contributed by atoms with Crippen LogP contribution < -0.4 is 5.73 Å². The molecule has 0 aromatic heterocycles. The van der Waals surface area contributed by atoms with Crippen molar-refractivity contribution >= 4 is 11.9 Å². The van der Waals surface area contributed by atoms with Crippen LogP contribution in [-0.4, -0.2) is 40.5 Å². The predicted molar refractivity (Wildman–Crippen MR) is 79.8 cm³/mol. The molecule has 114 valence electrons. The average Bonchev–Trinajstić information content (AvgIpc) is 2.46. The average molecular weight is 290 g/mol. The molecule has 21 heavy (non-hydrogen) atoms. The minimum atomic E-state index is -0.921. The summed E-state index contributed by atoms with van der Waals surface area (Å²) in [5, 5.41) is 9.70. The molecule has 1 saturated heterocycles. The summed E-state index contributed by atoms with van der Waals surface area (Å²) in [6.07, 6.45) is 0.822. The molecule has 1 amide bonds. The van der Waals surface area contributed by atoms with Gasteiger partial charge in [0.25, 0.3) is 0 Å². The smallest absolute Gasteiger partial charge is 0.314 e. The van der Waals surface area contributed by atoms with Gasteiger partial charge in [-0.25, -0.2) is 0 Å². The summed E-state index contributed by atoms with van der Waals surface area (Å²) in [4.78, 5) is 25.7. The second kappa shape index (κ2) is 5.48. The van der Waals surface area contributed by atoms with Crippen molar-refractivity contribution in [2.75, 3.05) is 13.1 Å². The van der Waals surface area contributed by atoms with E-state index in [9.17, 15) is 14.7 Å². The molecule has 5 heteroatoms. The maximum atomic E-state index is 12.2. The standard InChI is InChI=1S/C16H22N2O3/c1-15(2,17)13(19)18-10-8-16(9-11-18,14(20)21)12-6-4-3-5-7-12/h3-7H,8-11,17H2,1-2H3,(H,20,21). The number of aliphatic carboxylic acids is 1. The highest BCUT2D eigenvalue weighted by atomic mass is 16.4. The molecular formula is C16H22N2O3. The van der Waals surface area contributed by atoms with E-state index < -0.39 is 16.9 Å². The molecule has 1 aliphatic heterocycles. The van der Waals surface area contributed by atoms with Crippen LogP contribution in [0.25, 0.3) is 0 Å². The number of carboxylic acids is 1. The van der Waals surface area contributed by atoms with Crippen LogP contribution in [0.15, 0.2) is 30.3 Å². The predicted octanol–water partition coefficient (Wildman–Crippen LogP) is 1.37. The topological polar surface area (TPSA) is 83.6 Å². The Balaban J connectivity index is 2.20. The van der Waals surface area contributed by atoms with Gasteiger partial charge in [0.15, 0.2) is 0 Å². The summed E-state index contributed by atoms with van der Waals surface area (Å²) in [6, 6.07) is 9.26. The van der Waals surface area contributed by atoms with Crippen LogP contribution in [0.3, 0.4) is 0 Å². The number of nitrogens with two attached hydrogens (primary N) is 1. The van der Waals surface area contributed by atoms with Crippen LogP contribution in [0.1, 0.15) is 32.3 Å². The summed E-state index contributed by atoms with van der Waals surface area (Å²) < 4.78 is 0. The largest absolute Gasteiger partial charge is 0.481 e. The third kappa shape index (κ3) is 2.93. The van der Waals surface area contributed by atoms with E-state index in [4.69, 9.17) is 5.73 Å². The van der Waals surface area contributed by atoms with Gasteiger partial charge >= 0.3 is 5.97 Å². The zero-order valence-electron chi connectivity index (χ0n) is 12.5. The van der Waals surface area contributed by atoms with Crippen molar-refractivity contribution in [2.45, 2.75) is 37.6 Å². The minimum absolute atomic E-state index is 0.130. The van der Waals surface area contributed by atoms with Crippen LogP contribution >= 0.6 is 0 Å². The second-order valence-electron chi connectivity index (χ2n) is 6.27. The van der Waals surface area contributed by atoms with Crippen molar-refractivity contribution in [3.8, 4) is 0 Å². The molecule has 1 aromatic carbocycles. The third-order valence-electron chi connectivity index (χ3n) is 4.19. The molecule has 2 rings (SSSR count). The Morgan fingerprint density at radius 3 is 2.14 bits per heavy atom. The van der Waals surface area contributed by atoms with Gasteiger partial charge in [0.1, 0.15) is 0 Å². The monoisotopic (exact) mass is 290 g/mol. The SMILES string of the molecule is CC(C)(N)C(=O)N1CCC(C(=O)O)(c2ccccc2)CC1. The van der Waals surface area contributed by atoms with Crippen LogP contribution in [0, 0.1) is 0 Å². The van der Waals surface area contributed by atoms with Gasteiger partial charge in [-0.2, -0.15) is 0 Å². The lowest BCUT2D eigenvalue weighted by molar-refractivity contribution is -0.149. The fraction of sp³-hybridized carbons (Fsp3) is 0.500. The molecule has 0 saturated carbocycles. The summed E-state index contributed by atoms with van der Waals surface area (Å²) in [7, 11) is 0. The van der Waals surface area contributed by atoms with Crippen LogP contribution in [0.4, 0.5) is 0 Å². The molecule has 0 atom stereocenters. The van der Waals surface area contributed by atoms with Crippen molar-refractivity contribution < 1.29 is 14.7 Å². The highest BCUT2D eigenvalue weighted by Crippen LogP contribution is 2.36. The lowest BCUT2D eigenvalue weighted by Gasteiger charge is -2.41. The highest BCUT2D eigenvalue weighted by Gasteiger charge is 2.44. The van der Waals surface area contributed by atoms with Gasteiger partial charge in [0.05, 0.1) is 11.0 Å². The number of carbonyl (C=O) groups is 2. The Morgan fingerprint density at radius 2 is 1.71 bits per heavy atom. The number of carbonyl (C=O) groups excluding carboxylic acids is 1. The van der Waals surface area contributed by atoms with E-state index in [1.165, 1.54) is 0 Å². The Bertz CT molecular complexity index is 526. The zero-order valence-corrected chi connectivity index (χ0v) is 12.5. The van der Waals surface area contributed by atoms with E-state index in [0.29, 0.717) is 25.9 Å². The molecule has 5 nitrogen and oxygen atoms in total. The molecule has 1 heterocycles. The molecule has 1 fully saturated rings. The summed E-state index contributed by atoms with van der Waals surface area (Å²) in [5.41, 5.74) is 4.82. The van der Waals surface area contributed by atoms with Crippen molar-refractivity contribution in [3.63, 3.8) is 0 Å². The highest BCUT2D eigenvalue weighted by molar-refractivity contribution is 5.86. The normalized spacial score (nSPS) is 18.3. The van der Waals surface area contributed by atoms with Gasteiger partial charge in [-0.15, -0.1) is 0 Å². The van der Waals surface area contributed by atoms with E-state index >= 15 is 0 Å². The molecule has 1 aliphatic rings. The third-order valence-corrected chi connectivity index (χ3v) is 4.19. The molecule has 0 bridgehead atoms. The first kappa shape index (κ1) is 15.5. The number of nitrogens with zero attached hydrogens (tertiary/aromatic N) is 1. The van der Waals surface area contributed by atoms with Crippen molar-refractivity contribution in [1.82, 2.24) is 4.90 Å². The second-order valence-corrected chi connectivity index (χ2v) is 6.27. The number of carboxylic acid groups (broad SMARTS) is 1. The zero-order chi connectivity index (χ0) is 15.7. The minimum Gasteiger partial charge on any atom is -0.481 e. The Labute approximate surface area is 124 Å².